The lowest BCUT2D eigenvalue weighted by molar-refractivity contribution is 0.468. The zero-order valence-corrected chi connectivity index (χ0v) is 11.7. The van der Waals surface area contributed by atoms with Gasteiger partial charge in [-0.1, -0.05) is 18.2 Å². The van der Waals surface area contributed by atoms with E-state index < -0.39 is 5.82 Å². The second-order valence-electron chi connectivity index (χ2n) is 4.27. The molecule has 0 saturated carbocycles. The Morgan fingerprint density at radius 2 is 1.95 bits per heavy atom. The molecule has 1 aromatic heterocycles. The van der Waals surface area contributed by atoms with Crippen LogP contribution in [0.5, 0.6) is 5.75 Å². The minimum absolute atomic E-state index is 0.139. The quantitative estimate of drug-likeness (QED) is 0.729. The molecule has 0 aliphatic carbocycles. The lowest BCUT2D eigenvalue weighted by atomic mass is 10.2. The van der Waals surface area contributed by atoms with E-state index in [0.717, 1.165) is 17.0 Å². The molecule has 0 bridgehead atoms. The zero-order chi connectivity index (χ0) is 14.3. The first-order valence-corrected chi connectivity index (χ1v) is 6.60. The average Bonchev–Trinajstić information content (AvgIpc) is 2.71. The largest absolute Gasteiger partial charge is 0.508 e. The number of aromatic hydroxyl groups is 1. The number of hydrogen-bond acceptors (Lipinski definition) is 2. The Balaban J connectivity index is 2.43. The monoisotopic (exact) mass is 330 g/mol. The Morgan fingerprint density at radius 3 is 2.65 bits per heavy atom. The normalized spacial score (nSPS) is 10.7. The highest BCUT2D eigenvalue weighted by atomic mass is 79.9. The highest BCUT2D eigenvalue weighted by Crippen LogP contribution is 2.34. The molecule has 0 aliphatic heterocycles. The number of phenolic OH excluding ortho intramolecular Hbond substituents is 1. The molecule has 0 radical (unpaired) electrons. The van der Waals surface area contributed by atoms with E-state index in [1.54, 1.807) is 4.57 Å². The molecule has 0 unspecified atom stereocenters. The summed E-state index contributed by atoms with van der Waals surface area (Å²) in [6.07, 6.45) is 0. The molecule has 0 amide bonds. The summed E-state index contributed by atoms with van der Waals surface area (Å²) in [5.74, 6) is -0.699. The van der Waals surface area contributed by atoms with Crippen LogP contribution in [0.15, 0.2) is 47.1 Å². The SMILES string of the molecule is N#Cc1c(Br)n(-c2ccc(O)cc2F)c2ccccc12. The Bertz CT molecular complexity index is 864. The van der Waals surface area contributed by atoms with Crippen LogP contribution in [0, 0.1) is 17.1 Å². The Morgan fingerprint density at radius 1 is 1.20 bits per heavy atom. The van der Waals surface area contributed by atoms with Crippen LogP contribution in [0.4, 0.5) is 4.39 Å². The summed E-state index contributed by atoms with van der Waals surface area (Å²) < 4.78 is 16.2. The van der Waals surface area contributed by atoms with Gasteiger partial charge in [0, 0.05) is 11.5 Å². The van der Waals surface area contributed by atoms with E-state index >= 15 is 0 Å². The molecular formula is C15H8BrFN2O. The predicted molar refractivity (Wildman–Crippen MR) is 77.3 cm³/mol. The van der Waals surface area contributed by atoms with E-state index in [1.807, 2.05) is 24.3 Å². The van der Waals surface area contributed by atoms with Crippen molar-refractivity contribution in [3.63, 3.8) is 0 Å². The average molecular weight is 331 g/mol. The number of nitrogens with zero attached hydrogens (tertiary/aromatic N) is 2. The van der Waals surface area contributed by atoms with E-state index in [9.17, 15) is 14.8 Å². The van der Waals surface area contributed by atoms with Crippen molar-refractivity contribution in [1.29, 1.82) is 5.26 Å². The summed E-state index contributed by atoms with van der Waals surface area (Å²) >= 11 is 3.36. The van der Waals surface area contributed by atoms with E-state index in [-0.39, 0.29) is 11.4 Å². The number of benzene rings is 2. The summed E-state index contributed by atoms with van der Waals surface area (Å²) in [6, 6.07) is 13.3. The number of phenols is 1. The molecule has 0 aliphatic rings. The number of nitriles is 1. The molecule has 1 N–H and O–H groups in total. The van der Waals surface area contributed by atoms with E-state index in [2.05, 4.69) is 22.0 Å². The number of rotatable bonds is 1. The van der Waals surface area contributed by atoms with Crippen molar-refractivity contribution >= 4 is 26.8 Å². The third kappa shape index (κ3) is 1.77. The van der Waals surface area contributed by atoms with Crippen molar-refractivity contribution in [1.82, 2.24) is 4.57 Å². The maximum absolute atomic E-state index is 14.1. The van der Waals surface area contributed by atoms with Crippen LogP contribution >= 0.6 is 15.9 Å². The Hall–Kier alpha value is -2.32. The molecule has 0 spiro atoms. The third-order valence-electron chi connectivity index (χ3n) is 3.10. The zero-order valence-electron chi connectivity index (χ0n) is 10.1. The lowest BCUT2D eigenvalue weighted by Crippen LogP contribution is -1.97. The van der Waals surface area contributed by atoms with Crippen molar-refractivity contribution in [2.24, 2.45) is 0 Å². The first-order valence-electron chi connectivity index (χ1n) is 5.81. The molecule has 5 heteroatoms. The van der Waals surface area contributed by atoms with Crippen molar-refractivity contribution in [3.8, 4) is 17.5 Å². The molecule has 0 saturated heterocycles. The second kappa shape index (κ2) is 4.66. The van der Waals surface area contributed by atoms with Crippen LogP contribution in [0.2, 0.25) is 0 Å². The summed E-state index contributed by atoms with van der Waals surface area (Å²) in [7, 11) is 0. The first-order chi connectivity index (χ1) is 9.63. The standard InChI is InChI=1S/C15H8BrFN2O/c16-15-11(8-18)10-3-1-2-4-13(10)19(15)14-6-5-9(20)7-12(14)17/h1-7,20H. The highest BCUT2D eigenvalue weighted by Gasteiger charge is 2.18. The molecule has 0 fully saturated rings. The Labute approximate surface area is 122 Å². The van der Waals surface area contributed by atoms with Gasteiger partial charge in [-0.3, -0.25) is 4.57 Å². The fraction of sp³-hybridized carbons (Fsp3) is 0. The number of hydrogen-bond donors (Lipinski definition) is 1. The fourth-order valence-corrected chi connectivity index (χ4v) is 2.91. The summed E-state index contributed by atoms with van der Waals surface area (Å²) in [5.41, 5.74) is 1.45. The van der Waals surface area contributed by atoms with Gasteiger partial charge in [0.2, 0.25) is 0 Å². The maximum Gasteiger partial charge on any atom is 0.150 e. The first kappa shape index (κ1) is 12.7. The fourth-order valence-electron chi connectivity index (χ4n) is 2.23. The van der Waals surface area contributed by atoms with Gasteiger partial charge in [0.1, 0.15) is 16.4 Å². The molecule has 3 rings (SSSR count). The summed E-state index contributed by atoms with van der Waals surface area (Å²) in [6.45, 7) is 0. The van der Waals surface area contributed by atoms with Crippen LogP contribution in [0.1, 0.15) is 5.56 Å². The van der Waals surface area contributed by atoms with Crippen molar-refractivity contribution in [2.75, 3.05) is 0 Å². The van der Waals surface area contributed by atoms with Crippen molar-refractivity contribution < 1.29 is 9.50 Å². The summed E-state index contributed by atoms with van der Waals surface area (Å²) in [5, 5.41) is 19.3. The molecular weight excluding hydrogens is 323 g/mol. The van der Waals surface area contributed by atoms with Gasteiger partial charge in [-0.25, -0.2) is 4.39 Å². The van der Waals surface area contributed by atoms with Crippen LogP contribution in [0.25, 0.3) is 16.6 Å². The molecule has 3 nitrogen and oxygen atoms in total. The van der Waals surface area contributed by atoms with Gasteiger partial charge in [0.25, 0.3) is 0 Å². The minimum atomic E-state index is -0.559. The van der Waals surface area contributed by atoms with Gasteiger partial charge in [-0.05, 0) is 34.1 Å². The van der Waals surface area contributed by atoms with Gasteiger partial charge in [0.15, 0.2) is 5.82 Å². The van der Waals surface area contributed by atoms with Crippen LogP contribution in [0.3, 0.4) is 0 Å². The molecule has 0 atom stereocenters. The molecule has 20 heavy (non-hydrogen) atoms. The van der Waals surface area contributed by atoms with Gasteiger partial charge in [-0.2, -0.15) is 5.26 Å². The molecule has 1 heterocycles. The third-order valence-corrected chi connectivity index (χ3v) is 3.85. The van der Waals surface area contributed by atoms with E-state index in [1.165, 1.54) is 12.1 Å². The Kier molecular flexibility index (Phi) is 2.96. The number of para-hydroxylation sites is 1. The molecule has 2 aromatic carbocycles. The van der Waals surface area contributed by atoms with Crippen LogP contribution in [-0.2, 0) is 0 Å². The van der Waals surface area contributed by atoms with Crippen LogP contribution < -0.4 is 0 Å². The molecule has 3 aromatic rings. The maximum atomic E-state index is 14.1. The second-order valence-corrected chi connectivity index (χ2v) is 5.02. The summed E-state index contributed by atoms with van der Waals surface area (Å²) in [4.78, 5) is 0. The predicted octanol–water partition coefficient (Wildman–Crippen LogP) is 4.11. The number of fused-ring (bicyclic) bond motifs is 1. The number of halogens is 2. The molecule has 98 valence electrons. The van der Waals surface area contributed by atoms with Gasteiger partial charge < -0.3 is 5.11 Å². The van der Waals surface area contributed by atoms with Crippen molar-refractivity contribution in [2.45, 2.75) is 0 Å². The van der Waals surface area contributed by atoms with Crippen molar-refractivity contribution in [3.05, 3.63) is 58.4 Å². The van der Waals surface area contributed by atoms with Gasteiger partial charge >= 0.3 is 0 Å². The smallest absolute Gasteiger partial charge is 0.150 e. The number of aromatic nitrogens is 1. The minimum Gasteiger partial charge on any atom is -0.508 e. The topological polar surface area (TPSA) is 49.0 Å². The van der Waals surface area contributed by atoms with E-state index in [4.69, 9.17) is 0 Å². The van der Waals surface area contributed by atoms with Crippen LogP contribution in [-0.4, -0.2) is 9.67 Å². The van der Waals surface area contributed by atoms with Gasteiger partial charge in [-0.15, -0.1) is 0 Å². The van der Waals surface area contributed by atoms with E-state index in [0.29, 0.717) is 10.2 Å². The lowest BCUT2D eigenvalue weighted by Gasteiger charge is -2.08. The van der Waals surface area contributed by atoms with Gasteiger partial charge in [0.05, 0.1) is 16.8 Å². The highest BCUT2D eigenvalue weighted by molar-refractivity contribution is 9.10.